The number of benzene rings is 1. The van der Waals surface area contributed by atoms with Crippen LogP contribution in [0.4, 0.5) is 0 Å². The summed E-state index contributed by atoms with van der Waals surface area (Å²) in [4.78, 5) is 29.7. The van der Waals surface area contributed by atoms with Gasteiger partial charge in [-0.1, -0.05) is 102 Å². The second-order valence-electron chi connectivity index (χ2n) is 11.1. The highest BCUT2D eigenvalue weighted by Gasteiger charge is 2.38. The minimum Gasteiger partial charge on any atom is -0.465 e. The van der Waals surface area contributed by atoms with Gasteiger partial charge in [0.1, 0.15) is 25.0 Å². The molecule has 0 aliphatic carbocycles. The van der Waals surface area contributed by atoms with E-state index in [1.165, 1.54) is 88.0 Å². The predicted octanol–water partition coefficient (Wildman–Crippen LogP) is 8.52. The Labute approximate surface area is 240 Å². The normalized spacial score (nSPS) is 12.3. The Balaban J connectivity index is 1.62. The van der Waals surface area contributed by atoms with Gasteiger partial charge in [0.15, 0.2) is 0 Å². The zero-order chi connectivity index (χ0) is 28.3. The maximum atomic E-state index is 13.4. The van der Waals surface area contributed by atoms with E-state index in [2.05, 4.69) is 17.0 Å². The number of carbonyl (C=O) groups excluding carboxylic acids is 2. The fourth-order valence-corrected chi connectivity index (χ4v) is 4.54. The van der Waals surface area contributed by atoms with Crippen LogP contribution in [0.2, 0.25) is 5.02 Å². The van der Waals surface area contributed by atoms with Crippen LogP contribution in [-0.4, -0.2) is 33.1 Å². The predicted molar refractivity (Wildman–Crippen MR) is 156 cm³/mol. The lowest BCUT2D eigenvalue weighted by Gasteiger charge is -2.28. The van der Waals surface area contributed by atoms with E-state index < -0.39 is 11.6 Å². The summed E-state index contributed by atoms with van der Waals surface area (Å²) in [5.74, 6) is -0.0724. The zero-order valence-electron chi connectivity index (χ0n) is 24.2. The molecule has 1 aromatic heterocycles. The van der Waals surface area contributed by atoms with Crippen LogP contribution in [0.3, 0.4) is 0 Å². The Morgan fingerprint density at radius 2 is 1.41 bits per heavy atom. The molecule has 39 heavy (non-hydrogen) atoms. The van der Waals surface area contributed by atoms with Crippen molar-refractivity contribution in [2.24, 2.45) is 5.41 Å². The molecule has 7 nitrogen and oxygen atoms in total. The fourth-order valence-electron chi connectivity index (χ4n) is 4.41. The number of nitrogens with zero attached hydrogens (tertiary/aromatic N) is 3. The Hall–Kier alpha value is -2.41. The molecule has 2 rings (SSSR count). The molecule has 1 unspecified atom stereocenters. The molecule has 8 heteroatoms. The van der Waals surface area contributed by atoms with Crippen molar-refractivity contribution in [2.45, 2.75) is 123 Å². The van der Waals surface area contributed by atoms with Gasteiger partial charge in [-0.05, 0) is 44.5 Å². The molecule has 0 fully saturated rings. The van der Waals surface area contributed by atoms with Crippen LogP contribution in [-0.2, 0) is 14.3 Å². The van der Waals surface area contributed by atoms with Gasteiger partial charge in [-0.15, -0.1) is 0 Å². The lowest BCUT2D eigenvalue weighted by molar-refractivity contribution is -0.152. The fraction of sp³-hybridized carbons (Fsp3) is 0.677. The van der Waals surface area contributed by atoms with E-state index in [0.29, 0.717) is 17.2 Å². The lowest BCUT2D eigenvalue weighted by atomic mass is 9.88. The first-order chi connectivity index (χ1) is 18.8. The van der Waals surface area contributed by atoms with Gasteiger partial charge in [-0.2, -0.15) is 5.10 Å². The molecular weight excluding hydrogens is 514 g/mol. The van der Waals surface area contributed by atoms with E-state index in [1.807, 2.05) is 0 Å². The quantitative estimate of drug-likeness (QED) is 0.106. The Kier molecular flexibility index (Phi) is 15.8. The molecule has 0 bridgehead atoms. The second kappa shape index (κ2) is 18.8. The third-order valence-corrected chi connectivity index (χ3v) is 7.21. The second-order valence-corrected chi connectivity index (χ2v) is 11.5. The summed E-state index contributed by atoms with van der Waals surface area (Å²) in [5.41, 5.74) is -0.978. The molecular formula is C31H48ClN3O4. The summed E-state index contributed by atoms with van der Waals surface area (Å²) in [6.07, 6.45) is 19.9. The molecule has 1 heterocycles. The molecule has 1 atom stereocenters. The van der Waals surface area contributed by atoms with Gasteiger partial charge in [-0.25, -0.2) is 9.67 Å². The van der Waals surface area contributed by atoms with Crippen LogP contribution < -0.4 is 4.74 Å². The van der Waals surface area contributed by atoms with Crippen molar-refractivity contribution in [3.8, 4) is 5.75 Å². The largest absolute Gasteiger partial charge is 0.465 e. The van der Waals surface area contributed by atoms with Crippen LogP contribution in [0.5, 0.6) is 5.75 Å². The summed E-state index contributed by atoms with van der Waals surface area (Å²) in [6, 6.07) is 6.74. The number of aromatic nitrogens is 3. The maximum absolute atomic E-state index is 13.4. The van der Waals surface area contributed by atoms with Crippen LogP contribution in [0.25, 0.3) is 0 Å². The maximum Gasteiger partial charge on any atom is 0.305 e. The lowest BCUT2D eigenvalue weighted by Crippen LogP contribution is -2.39. The van der Waals surface area contributed by atoms with E-state index in [0.717, 1.165) is 19.3 Å². The van der Waals surface area contributed by atoms with E-state index in [4.69, 9.17) is 21.1 Å². The van der Waals surface area contributed by atoms with Crippen molar-refractivity contribution in [1.29, 1.82) is 0 Å². The SMILES string of the molecule is CCCCCCCCCCCCCCCCC(=O)OCC(C)(C)C(=O)C(Oc1ccc(Cl)cc1)n1cncn1. The first kappa shape index (κ1) is 32.8. The summed E-state index contributed by atoms with van der Waals surface area (Å²) in [5, 5.41) is 4.65. The van der Waals surface area contributed by atoms with Crippen molar-refractivity contribution >= 4 is 23.4 Å². The molecule has 0 spiro atoms. The van der Waals surface area contributed by atoms with Gasteiger partial charge in [0.05, 0.1) is 5.41 Å². The minimum absolute atomic E-state index is 0.0293. The highest BCUT2D eigenvalue weighted by molar-refractivity contribution is 6.30. The summed E-state index contributed by atoms with van der Waals surface area (Å²) < 4.78 is 12.8. The molecule has 0 aliphatic rings. The Morgan fingerprint density at radius 1 is 0.872 bits per heavy atom. The third kappa shape index (κ3) is 13.5. The number of halogens is 1. The summed E-state index contributed by atoms with van der Waals surface area (Å²) in [6.45, 7) is 5.71. The first-order valence-corrected chi connectivity index (χ1v) is 15.2. The highest BCUT2D eigenvalue weighted by Crippen LogP contribution is 2.28. The summed E-state index contributed by atoms with van der Waals surface area (Å²) >= 11 is 5.96. The first-order valence-electron chi connectivity index (χ1n) is 14.8. The van der Waals surface area contributed by atoms with E-state index in [9.17, 15) is 9.59 Å². The number of unbranched alkanes of at least 4 members (excludes halogenated alkanes) is 13. The molecule has 218 valence electrons. The average molecular weight is 562 g/mol. The molecule has 0 saturated heterocycles. The van der Waals surface area contributed by atoms with Crippen LogP contribution in [0.15, 0.2) is 36.9 Å². The molecule has 1 aromatic carbocycles. The molecule has 0 radical (unpaired) electrons. The van der Waals surface area contributed by atoms with Gasteiger partial charge < -0.3 is 9.47 Å². The zero-order valence-corrected chi connectivity index (χ0v) is 25.0. The number of hydrogen-bond acceptors (Lipinski definition) is 6. The molecule has 2 aromatic rings. The Morgan fingerprint density at radius 3 is 1.92 bits per heavy atom. The Bertz CT molecular complexity index is 932. The molecule has 0 aliphatic heterocycles. The van der Waals surface area contributed by atoms with Crippen LogP contribution >= 0.6 is 11.6 Å². The van der Waals surface area contributed by atoms with Crippen LogP contribution in [0.1, 0.15) is 123 Å². The standard InChI is InChI=1S/C31H48ClN3O4/c1-4-5-6-7-8-9-10-11-12-13-14-15-16-17-18-28(36)38-23-31(2,3)29(37)30(35-25-33-24-34-35)39-27-21-19-26(32)20-22-27/h19-22,24-25,30H,4-18,23H2,1-3H3. The topological polar surface area (TPSA) is 83.3 Å². The van der Waals surface area contributed by atoms with E-state index >= 15 is 0 Å². The number of ketones is 1. The van der Waals surface area contributed by atoms with Crippen molar-refractivity contribution < 1.29 is 19.1 Å². The monoisotopic (exact) mass is 561 g/mol. The van der Waals surface area contributed by atoms with E-state index in [-0.39, 0.29) is 18.4 Å². The number of hydrogen-bond donors (Lipinski definition) is 0. The van der Waals surface area contributed by atoms with Crippen molar-refractivity contribution in [3.05, 3.63) is 41.9 Å². The van der Waals surface area contributed by atoms with Crippen molar-refractivity contribution in [2.75, 3.05) is 6.61 Å². The molecule has 0 N–H and O–H groups in total. The number of ether oxygens (including phenoxy) is 2. The number of Topliss-reactive ketones (excluding diaryl/α,β-unsaturated/α-hetero) is 1. The number of esters is 1. The summed E-state index contributed by atoms with van der Waals surface area (Å²) in [7, 11) is 0. The van der Waals surface area contributed by atoms with Gasteiger partial charge >= 0.3 is 5.97 Å². The molecule has 0 saturated carbocycles. The van der Waals surface area contributed by atoms with Gasteiger partial charge in [0.2, 0.25) is 5.78 Å². The van der Waals surface area contributed by atoms with Gasteiger partial charge in [0, 0.05) is 11.4 Å². The average Bonchev–Trinajstić information content (AvgIpc) is 3.46. The van der Waals surface area contributed by atoms with Crippen molar-refractivity contribution in [1.82, 2.24) is 14.8 Å². The van der Waals surface area contributed by atoms with Gasteiger partial charge in [-0.3, -0.25) is 9.59 Å². The number of rotatable bonds is 22. The van der Waals surface area contributed by atoms with Crippen molar-refractivity contribution in [3.63, 3.8) is 0 Å². The van der Waals surface area contributed by atoms with Crippen LogP contribution in [0, 0.1) is 5.41 Å². The smallest absolute Gasteiger partial charge is 0.305 e. The molecule has 0 amide bonds. The minimum atomic E-state index is -1.05. The third-order valence-electron chi connectivity index (χ3n) is 6.96. The van der Waals surface area contributed by atoms with Gasteiger partial charge in [0.25, 0.3) is 6.23 Å². The highest BCUT2D eigenvalue weighted by atomic mass is 35.5. The number of carbonyl (C=O) groups is 2. The van der Waals surface area contributed by atoms with E-state index in [1.54, 1.807) is 38.1 Å².